The lowest BCUT2D eigenvalue weighted by atomic mass is 10.2. The fourth-order valence-electron chi connectivity index (χ4n) is 2.08. The Balaban J connectivity index is 1.75. The first-order chi connectivity index (χ1) is 10.2. The minimum absolute atomic E-state index is 0.165. The Morgan fingerprint density at radius 1 is 1.10 bits per heavy atom. The van der Waals surface area contributed by atoms with Gasteiger partial charge in [-0.2, -0.15) is 0 Å². The summed E-state index contributed by atoms with van der Waals surface area (Å²) in [5, 5.41) is 9.97. The molecule has 4 heteroatoms. The predicted octanol–water partition coefficient (Wildman–Crippen LogP) is 2.84. The molecule has 0 aromatic heterocycles. The summed E-state index contributed by atoms with van der Waals surface area (Å²) >= 11 is 0. The van der Waals surface area contributed by atoms with Crippen LogP contribution in [0.4, 0.5) is 10.1 Å². The first-order valence-corrected chi connectivity index (χ1v) is 6.92. The van der Waals surface area contributed by atoms with Crippen molar-refractivity contribution < 1.29 is 14.2 Å². The maximum atomic E-state index is 13.4. The third-order valence-corrected chi connectivity index (χ3v) is 3.21. The van der Waals surface area contributed by atoms with Gasteiger partial charge in [-0.15, -0.1) is 0 Å². The van der Waals surface area contributed by atoms with Gasteiger partial charge in [0.15, 0.2) is 0 Å². The molecule has 0 heterocycles. The van der Waals surface area contributed by atoms with E-state index in [0.29, 0.717) is 12.1 Å². The quantitative estimate of drug-likeness (QED) is 0.851. The second-order valence-corrected chi connectivity index (χ2v) is 4.98. The molecule has 0 aliphatic carbocycles. The zero-order valence-electron chi connectivity index (χ0n) is 12.1. The van der Waals surface area contributed by atoms with E-state index in [1.165, 1.54) is 6.07 Å². The molecule has 0 radical (unpaired) electrons. The van der Waals surface area contributed by atoms with Crippen LogP contribution in [0.3, 0.4) is 0 Å². The molecule has 0 saturated heterocycles. The molecular formula is C17H20FNO2. The number of hydrogen-bond acceptors (Lipinski definition) is 3. The van der Waals surface area contributed by atoms with E-state index in [-0.39, 0.29) is 19.0 Å². The van der Waals surface area contributed by atoms with Gasteiger partial charge in [0, 0.05) is 24.8 Å². The lowest BCUT2D eigenvalue weighted by molar-refractivity contribution is 0.0314. The fraction of sp³-hybridized carbons (Fsp3) is 0.294. The molecule has 1 N–H and O–H groups in total. The molecule has 2 aromatic carbocycles. The number of ether oxygens (including phenoxy) is 1. The van der Waals surface area contributed by atoms with Crippen LogP contribution in [-0.2, 0) is 11.3 Å². The molecule has 21 heavy (non-hydrogen) atoms. The summed E-state index contributed by atoms with van der Waals surface area (Å²) in [5.41, 5.74) is 1.53. The van der Waals surface area contributed by atoms with Crippen molar-refractivity contribution in [3.8, 4) is 0 Å². The first-order valence-electron chi connectivity index (χ1n) is 6.92. The molecule has 0 aliphatic heterocycles. The summed E-state index contributed by atoms with van der Waals surface area (Å²) in [5.74, 6) is -0.284. The monoisotopic (exact) mass is 289 g/mol. The zero-order chi connectivity index (χ0) is 15.1. The summed E-state index contributed by atoms with van der Waals surface area (Å²) in [6.07, 6.45) is -0.623. The zero-order valence-corrected chi connectivity index (χ0v) is 12.1. The van der Waals surface area contributed by atoms with Gasteiger partial charge in [0.2, 0.25) is 0 Å². The average molecular weight is 289 g/mol. The SMILES string of the molecule is CN(C[C@H](O)COCc1ccccc1F)c1ccccc1. The predicted molar refractivity (Wildman–Crippen MR) is 81.8 cm³/mol. The molecule has 3 nitrogen and oxygen atoms in total. The Morgan fingerprint density at radius 2 is 1.76 bits per heavy atom. The highest BCUT2D eigenvalue weighted by molar-refractivity contribution is 5.45. The van der Waals surface area contributed by atoms with Gasteiger partial charge in [-0.25, -0.2) is 4.39 Å². The minimum Gasteiger partial charge on any atom is -0.389 e. The van der Waals surface area contributed by atoms with E-state index >= 15 is 0 Å². The molecule has 0 amide bonds. The summed E-state index contributed by atoms with van der Waals surface area (Å²) in [7, 11) is 1.91. The molecule has 0 unspecified atom stereocenters. The summed E-state index contributed by atoms with van der Waals surface area (Å²) in [6.45, 7) is 0.797. The molecule has 0 saturated carbocycles. The topological polar surface area (TPSA) is 32.7 Å². The van der Waals surface area contributed by atoms with E-state index in [1.807, 2.05) is 42.3 Å². The number of aliphatic hydroxyl groups excluding tert-OH is 1. The molecule has 0 bridgehead atoms. The number of anilines is 1. The van der Waals surface area contributed by atoms with Crippen LogP contribution in [0.2, 0.25) is 0 Å². The molecule has 0 spiro atoms. The number of nitrogens with zero attached hydrogens (tertiary/aromatic N) is 1. The second-order valence-electron chi connectivity index (χ2n) is 4.98. The number of aliphatic hydroxyl groups is 1. The minimum atomic E-state index is -0.623. The Labute approximate surface area is 124 Å². The van der Waals surface area contributed by atoms with Gasteiger partial charge in [0.05, 0.1) is 19.3 Å². The number of benzene rings is 2. The third-order valence-electron chi connectivity index (χ3n) is 3.21. The Hall–Kier alpha value is -1.91. The van der Waals surface area contributed by atoms with Gasteiger partial charge in [0.1, 0.15) is 5.82 Å². The Bertz CT molecular complexity index is 547. The average Bonchev–Trinajstić information content (AvgIpc) is 2.50. The Morgan fingerprint density at radius 3 is 2.48 bits per heavy atom. The molecule has 112 valence electrons. The Kier molecular flexibility index (Phi) is 5.72. The van der Waals surface area contributed by atoms with Gasteiger partial charge in [0.25, 0.3) is 0 Å². The largest absolute Gasteiger partial charge is 0.389 e. The van der Waals surface area contributed by atoms with E-state index in [9.17, 15) is 9.50 Å². The van der Waals surface area contributed by atoms with Crippen LogP contribution in [0.15, 0.2) is 54.6 Å². The van der Waals surface area contributed by atoms with Gasteiger partial charge >= 0.3 is 0 Å². The number of halogens is 1. The molecular weight excluding hydrogens is 269 g/mol. The van der Waals surface area contributed by atoms with E-state index in [1.54, 1.807) is 18.2 Å². The highest BCUT2D eigenvalue weighted by atomic mass is 19.1. The molecule has 2 aromatic rings. The van der Waals surface area contributed by atoms with Crippen LogP contribution in [0.1, 0.15) is 5.56 Å². The lowest BCUT2D eigenvalue weighted by Gasteiger charge is -2.22. The number of likely N-dealkylation sites (N-methyl/N-ethyl adjacent to an activating group) is 1. The van der Waals surface area contributed by atoms with Gasteiger partial charge in [-0.05, 0) is 18.2 Å². The fourth-order valence-corrected chi connectivity index (χ4v) is 2.08. The molecule has 2 rings (SSSR count). The summed E-state index contributed by atoms with van der Waals surface area (Å²) < 4.78 is 18.8. The second kappa shape index (κ2) is 7.76. The van der Waals surface area contributed by atoms with Crippen LogP contribution in [0, 0.1) is 5.82 Å². The van der Waals surface area contributed by atoms with E-state index in [2.05, 4.69) is 0 Å². The number of rotatable bonds is 7. The summed E-state index contributed by atoms with van der Waals surface area (Å²) in [6, 6.07) is 16.3. The van der Waals surface area contributed by atoms with Crippen molar-refractivity contribution in [2.45, 2.75) is 12.7 Å². The highest BCUT2D eigenvalue weighted by Crippen LogP contribution is 2.12. The van der Waals surface area contributed by atoms with Crippen LogP contribution in [0.5, 0.6) is 0 Å². The number of hydrogen-bond donors (Lipinski definition) is 1. The first kappa shape index (κ1) is 15.5. The van der Waals surface area contributed by atoms with Gasteiger partial charge in [-0.3, -0.25) is 0 Å². The maximum absolute atomic E-state index is 13.4. The van der Waals surface area contributed by atoms with Crippen LogP contribution in [-0.4, -0.2) is 31.4 Å². The highest BCUT2D eigenvalue weighted by Gasteiger charge is 2.09. The van der Waals surface area contributed by atoms with Crippen molar-refractivity contribution in [2.24, 2.45) is 0 Å². The van der Waals surface area contributed by atoms with E-state index < -0.39 is 6.10 Å². The molecule has 1 atom stereocenters. The third kappa shape index (κ3) is 4.85. The van der Waals surface area contributed by atoms with Crippen LogP contribution in [0.25, 0.3) is 0 Å². The van der Waals surface area contributed by atoms with Crippen molar-refractivity contribution in [3.05, 3.63) is 66.0 Å². The van der Waals surface area contributed by atoms with Crippen molar-refractivity contribution in [1.29, 1.82) is 0 Å². The normalized spacial score (nSPS) is 12.1. The maximum Gasteiger partial charge on any atom is 0.128 e. The summed E-state index contributed by atoms with van der Waals surface area (Å²) in [4.78, 5) is 1.96. The number of para-hydroxylation sites is 1. The van der Waals surface area contributed by atoms with E-state index in [0.717, 1.165) is 5.69 Å². The van der Waals surface area contributed by atoms with Gasteiger partial charge < -0.3 is 14.7 Å². The van der Waals surface area contributed by atoms with E-state index in [4.69, 9.17) is 4.74 Å². The standard InChI is InChI=1S/C17H20FNO2/c1-19(15-8-3-2-4-9-15)11-16(20)13-21-12-14-7-5-6-10-17(14)18/h2-10,16,20H,11-13H2,1H3/t16-/m0/s1. The smallest absolute Gasteiger partial charge is 0.128 e. The van der Waals surface area contributed by atoms with Crippen molar-refractivity contribution in [2.75, 3.05) is 25.1 Å². The lowest BCUT2D eigenvalue weighted by Crippen LogP contribution is -2.32. The molecule has 0 aliphatic rings. The van der Waals surface area contributed by atoms with Crippen molar-refractivity contribution in [3.63, 3.8) is 0 Å². The van der Waals surface area contributed by atoms with Crippen molar-refractivity contribution in [1.82, 2.24) is 0 Å². The van der Waals surface area contributed by atoms with Crippen LogP contribution >= 0.6 is 0 Å². The molecule has 0 fully saturated rings. The van der Waals surface area contributed by atoms with Gasteiger partial charge in [-0.1, -0.05) is 36.4 Å². The van der Waals surface area contributed by atoms with Crippen molar-refractivity contribution >= 4 is 5.69 Å². The van der Waals surface area contributed by atoms with Crippen LogP contribution < -0.4 is 4.90 Å².